The van der Waals surface area contributed by atoms with Crippen molar-refractivity contribution in [2.24, 2.45) is 0 Å². The second-order valence-electron chi connectivity index (χ2n) is 2.81. The Bertz CT molecular complexity index is 379. The molecule has 5 heteroatoms. The molecule has 0 saturated heterocycles. The molecule has 0 spiro atoms. The molecule has 0 atom stereocenters. The molecule has 0 fully saturated rings. The standard InChI is InChI=1S/C10H10ClNO3/c1-7(13)12-6-10(14)15-9-5-3-2-4-8(9)11/h2-5H,6H2,1H3,(H,12,13). The number of rotatable bonds is 3. The summed E-state index contributed by atoms with van der Waals surface area (Å²) in [7, 11) is 0. The lowest BCUT2D eigenvalue weighted by molar-refractivity contribution is -0.135. The molecule has 1 amide bonds. The first-order valence-electron chi connectivity index (χ1n) is 4.29. The van der Waals surface area contributed by atoms with E-state index < -0.39 is 5.97 Å². The van der Waals surface area contributed by atoms with Crippen LogP contribution in [-0.4, -0.2) is 18.4 Å². The van der Waals surface area contributed by atoms with E-state index in [0.717, 1.165) is 0 Å². The number of ether oxygens (including phenoxy) is 1. The van der Waals surface area contributed by atoms with Crippen LogP contribution in [-0.2, 0) is 9.59 Å². The predicted molar refractivity (Wildman–Crippen MR) is 55.8 cm³/mol. The Morgan fingerprint density at radius 2 is 2.07 bits per heavy atom. The summed E-state index contributed by atoms with van der Waals surface area (Å²) in [5.41, 5.74) is 0. The highest BCUT2D eigenvalue weighted by molar-refractivity contribution is 6.32. The molecule has 1 aromatic rings. The van der Waals surface area contributed by atoms with E-state index in [-0.39, 0.29) is 18.2 Å². The number of carbonyl (C=O) groups excluding carboxylic acids is 2. The normalized spacial score (nSPS) is 9.47. The van der Waals surface area contributed by atoms with Crippen LogP contribution in [0.15, 0.2) is 24.3 Å². The smallest absolute Gasteiger partial charge is 0.330 e. The molecule has 0 saturated carbocycles. The fourth-order valence-corrected chi connectivity index (χ4v) is 1.06. The number of hydrogen-bond acceptors (Lipinski definition) is 3. The van der Waals surface area contributed by atoms with Crippen LogP contribution >= 0.6 is 11.6 Å². The summed E-state index contributed by atoms with van der Waals surface area (Å²) in [6.07, 6.45) is 0. The van der Waals surface area contributed by atoms with Gasteiger partial charge >= 0.3 is 5.97 Å². The fraction of sp³-hybridized carbons (Fsp3) is 0.200. The lowest BCUT2D eigenvalue weighted by Gasteiger charge is -2.05. The van der Waals surface area contributed by atoms with Crippen LogP contribution in [0, 0.1) is 0 Å². The van der Waals surface area contributed by atoms with Crippen molar-refractivity contribution < 1.29 is 14.3 Å². The molecule has 4 nitrogen and oxygen atoms in total. The summed E-state index contributed by atoms with van der Waals surface area (Å²) in [6.45, 7) is 1.16. The van der Waals surface area contributed by atoms with Crippen LogP contribution in [0.4, 0.5) is 0 Å². The number of para-hydroxylation sites is 1. The van der Waals surface area contributed by atoms with Gasteiger partial charge in [0.2, 0.25) is 5.91 Å². The molecule has 1 rings (SSSR count). The highest BCUT2D eigenvalue weighted by Crippen LogP contribution is 2.22. The second kappa shape index (κ2) is 5.36. The fourth-order valence-electron chi connectivity index (χ4n) is 0.883. The zero-order valence-corrected chi connectivity index (χ0v) is 8.88. The van der Waals surface area contributed by atoms with Gasteiger partial charge in [-0.05, 0) is 12.1 Å². The van der Waals surface area contributed by atoms with Crippen LogP contribution in [0.5, 0.6) is 5.75 Å². The van der Waals surface area contributed by atoms with E-state index in [1.807, 2.05) is 0 Å². The summed E-state index contributed by atoms with van der Waals surface area (Å²) in [5.74, 6) is -0.557. The minimum Gasteiger partial charge on any atom is -0.424 e. The van der Waals surface area contributed by atoms with Gasteiger partial charge in [-0.25, -0.2) is 4.79 Å². The van der Waals surface area contributed by atoms with Crippen molar-refractivity contribution in [1.82, 2.24) is 5.32 Å². The first-order chi connectivity index (χ1) is 7.09. The van der Waals surface area contributed by atoms with Gasteiger partial charge in [-0.15, -0.1) is 0 Å². The lowest BCUT2D eigenvalue weighted by atomic mass is 10.3. The number of esters is 1. The Kier molecular flexibility index (Phi) is 4.12. The zero-order chi connectivity index (χ0) is 11.3. The predicted octanol–water partition coefficient (Wildman–Crippen LogP) is 1.38. The first-order valence-corrected chi connectivity index (χ1v) is 4.67. The number of nitrogens with one attached hydrogen (secondary N) is 1. The molecule has 0 aliphatic rings. The minimum absolute atomic E-state index is 0.166. The van der Waals surface area contributed by atoms with Gasteiger partial charge in [0.05, 0.1) is 5.02 Å². The van der Waals surface area contributed by atoms with Crippen molar-refractivity contribution in [3.05, 3.63) is 29.3 Å². The zero-order valence-electron chi connectivity index (χ0n) is 8.12. The van der Waals surface area contributed by atoms with Gasteiger partial charge in [0.25, 0.3) is 0 Å². The van der Waals surface area contributed by atoms with Gasteiger partial charge < -0.3 is 10.1 Å². The van der Waals surface area contributed by atoms with Gasteiger partial charge in [-0.1, -0.05) is 23.7 Å². The average Bonchev–Trinajstić information content (AvgIpc) is 2.18. The monoisotopic (exact) mass is 227 g/mol. The number of benzene rings is 1. The maximum absolute atomic E-state index is 11.2. The summed E-state index contributed by atoms with van der Waals surface area (Å²) in [5, 5.41) is 2.68. The van der Waals surface area contributed by atoms with Gasteiger partial charge in [-0.3, -0.25) is 4.79 Å². The van der Waals surface area contributed by atoms with Crippen molar-refractivity contribution in [2.75, 3.05) is 6.54 Å². The summed E-state index contributed by atoms with van der Waals surface area (Å²) in [4.78, 5) is 21.7. The Morgan fingerprint density at radius 3 is 2.67 bits per heavy atom. The van der Waals surface area contributed by atoms with E-state index >= 15 is 0 Å². The van der Waals surface area contributed by atoms with Crippen LogP contribution in [0.3, 0.4) is 0 Å². The second-order valence-corrected chi connectivity index (χ2v) is 3.22. The first kappa shape index (κ1) is 11.5. The molecule has 0 aliphatic heterocycles. The van der Waals surface area contributed by atoms with E-state index in [0.29, 0.717) is 5.02 Å². The molecule has 1 aromatic carbocycles. The van der Waals surface area contributed by atoms with Crippen LogP contribution in [0.25, 0.3) is 0 Å². The third kappa shape index (κ3) is 3.99. The molecule has 0 radical (unpaired) electrons. The number of carbonyl (C=O) groups is 2. The Morgan fingerprint density at radius 1 is 1.40 bits per heavy atom. The van der Waals surface area contributed by atoms with Crippen molar-refractivity contribution in [2.45, 2.75) is 6.92 Å². The Balaban J connectivity index is 2.52. The van der Waals surface area contributed by atoms with E-state index in [1.54, 1.807) is 24.3 Å². The molecule has 0 aromatic heterocycles. The van der Waals surface area contributed by atoms with Crippen molar-refractivity contribution in [1.29, 1.82) is 0 Å². The average molecular weight is 228 g/mol. The summed E-state index contributed by atoms with van der Waals surface area (Å²) < 4.78 is 4.91. The van der Waals surface area contributed by atoms with Gasteiger partial charge in [0.1, 0.15) is 12.3 Å². The molecular formula is C10H10ClNO3. The Labute approximate surface area is 92.2 Å². The number of amides is 1. The van der Waals surface area contributed by atoms with Crippen LogP contribution < -0.4 is 10.1 Å². The van der Waals surface area contributed by atoms with E-state index in [1.165, 1.54) is 6.92 Å². The van der Waals surface area contributed by atoms with Crippen LogP contribution in [0.2, 0.25) is 5.02 Å². The van der Waals surface area contributed by atoms with E-state index in [2.05, 4.69) is 5.32 Å². The third-order valence-electron chi connectivity index (χ3n) is 1.54. The maximum Gasteiger partial charge on any atom is 0.330 e. The number of halogens is 1. The largest absolute Gasteiger partial charge is 0.424 e. The quantitative estimate of drug-likeness (QED) is 0.627. The summed E-state index contributed by atoms with van der Waals surface area (Å²) >= 11 is 5.77. The van der Waals surface area contributed by atoms with Crippen molar-refractivity contribution >= 4 is 23.5 Å². The molecular weight excluding hydrogens is 218 g/mol. The third-order valence-corrected chi connectivity index (χ3v) is 1.85. The maximum atomic E-state index is 11.2. The number of hydrogen-bond donors (Lipinski definition) is 1. The molecule has 0 heterocycles. The van der Waals surface area contributed by atoms with E-state index in [9.17, 15) is 9.59 Å². The molecule has 0 bridgehead atoms. The molecule has 15 heavy (non-hydrogen) atoms. The van der Waals surface area contributed by atoms with Crippen molar-refractivity contribution in [3.63, 3.8) is 0 Å². The van der Waals surface area contributed by atoms with Crippen molar-refractivity contribution in [3.8, 4) is 5.75 Å². The van der Waals surface area contributed by atoms with Gasteiger partial charge in [-0.2, -0.15) is 0 Å². The molecule has 80 valence electrons. The van der Waals surface area contributed by atoms with Crippen LogP contribution in [0.1, 0.15) is 6.92 Å². The SMILES string of the molecule is CC(=O)NCC(=O)Oc1ccccc1Cl. The van der Waals surface area contributed by atoms with E-state index in [4.69, 9.17) is 16.3 Å². The highest BCUT2D eigenvalue weighted by Gasteiger charge is 2.07. The van der Waals surface area contributed by atoms with Gasteiger partial charge in [0.15, 0.2) is 0 Å². The van der Waals surface area contributed by atoms with Gasteiger partial charge in [0, 0.05) is 6.92 Å². The summed E-state index contributed by atoms with van der Waals surface area (Å²) in [6, 6.07) is 6.62. The minimum atomic E-state index is -0.557. The molecule has 0 aliphatic carbocycles. The Hall–Kier alpha value is -1.55. The molecule has 1 N–H and O–H groups in total. The topological polar surface area (TPSA) is 55.4 Å². The highest BCUT2D eigenvalue weighted by atomic mass is 35.5. The molecule has 0 unspecified atom stereocenters. The lowest BCUT2D eigenvalue weighted by Crippen LogP contribution is -2.29.